The van der Waals surface area contributed by atoms with Crippen molar-refractivity contribution >= 4 is 36.7 Å². The Hall–Kier alpha value is -2.89. The smallest absolute Gasteiger partial charge is 0.465 e. The van der Waals surface area contributed by atoms with Gasteiger partial charge in [0.2, 0.25) is 5.91 Å². The molecule has 2 aromatic rings. The van der Waals surface area contributed by atoms with Crippen molar-refractivity contribution in [2.45, 2.75) is 0 Å². The number of nitrogen functional groups attached to an aromatic ring is 1. The number of phosphoric ester groups is 1. The number of azo groups is 1. The lowest BCUT2D eigenvalue weighted by Crippen LogP contribution is -2.22. The predicted octanol–water partition coefficient (Wildman–Crippen LogP) is 1.42. The molecule has 12 nitrogen and oxygen atoms in total. The van der Waals surface area contributed by atoms with Gasteiger partial charge in [0.25, 0.3) is 0 Å². The molecule has 0 saturated heterocycles. The van der Waals surface area contributed by atoms with E-state index in [4.69, 9.17) is 26.0 Å². The van der Waals surface area contributed by atoms with Gasteiger partial charge in [-0.1, -0.05) is 12.1 Å². The van der Waals surface area contributed by atoms with Gasteiger partial charge in [-0.25, -0.2) is 14.1 Å². The number of para-hydroxylation sites is 1. The minimum Gasteiger partial charge on any atom is -0.465 e. The lowest BCUT2D eigenvalue weighted by Gasteiger charge is -2.09. The van der Waals surface area contributed by atoms with Gasteiger partial charge in [-0.2, -0.15) is 0 Å². The summed E-state index contributed by atoms with van der Waals surface area (Å²) in [4.78, 5) is 32.5. The Morgan fingerprint density at radius 1 is 1.19 bits per heavy atom. The standard InChI is InChI=1S/C14H17N6O6P/c15-7-13(21)17-12-6-5-10(14(16)18-12)20-19-9-3-1-2-4-11(9)25-8-26-27(22,23)24/h1-6H,7-8,15H2,(H2,22,23,24)(H3,16,17,18,21). The number of hydrogen-bond acceptors (Lipinski definition) is 9. The monoisotopic (exact) mass is 396 g/mol. The zero-order valence-electron chi connectivity index (χ0n) is 13.8. The highest BCUT2D eigenvalue weighted by Gasteiger charge is 2.14. The van der Waals surface area contributed by atoms with Crippen LogP contribution >= 0.6 is 7.82 Å². The second kappa shape index (κ2) is 9.16. The number of pyridine rings is 1. The quantitative estimate of drug-likeness (QED) is 0.249. The molecular weight excluding hydrogens is 379 g/mol. The summed E-state index contributed by atoms with van der Waals surface area (Å²) in [5.41, 5.74) is 11.5. The third-order valence-corrected chi connectivity index (χ3v) is 3.36. The normalized spacial score (nSPS) is 11.5. The van der Waals surface area contributed by atoms with Crippen LogP contribution in [0, 0.1) is 0 Å². The van der Waals surface area contributed by atoms with Crippen molar-refractivity contribution in [3.8, 4) is 5.75 Å². The maximum Gasteiger partial charge on any atom is 0.472 e. The van der Waals surface area contributed by atoms with E-state index in [9.17, 15) is 9.36 Å². The minimum atomic E-state index is -4.65. The van der Waals surface area contributed by atoms with E-state index in [0.29, 0.717) is 0 Å². The fourth-order valence-electron chi connectivity index (χ4n) is 1.74. The van der Waals surface area contributed by atoms with E-state index >= 15 is 0 Å². The van der Waals surface area contributed by atoms with Crippen LogP contribution in [0.5, 0.6) is 5.75 Å². The Morgan fingerprint density at radius 2 is 1.89 bits per heavy atom. The first-order valence-electron chi connectivity index (χ1n) is 7.38. The van der Waals surface area contributed by atoms with Gasteiger partial charge < -0.3 is 31.3 Å². The third kappa shape index (κ3) is 6.73. The molecule has 0 spiro atoms. The molecule has 1 aromatic carbocycles. The molecule has 1 aromatic heterocycles. The van der Waals surface area contributed by atoms with Gasteiger partial charge in [0.05, 0.1) is 6.54 Å². The molecule has 27 heavy (non-hydrogen) atoms. The van der Waals surface area contributed by atoms with Gasteiger partial charge in [0.1, 0.15) is 22.9 Å². The van der Waals surface area contributed by atoms with Crippen LogP contribution in [-0.2, 0) is 13.9 Å². The van der Waals surface area contributed by atoms with Crippen molar-refractivity contribution in [3.63, 3.8) is 0 Å². The van der Waals surface area contributed by atoms with Crippen LogP contribution in [0.4, 0.5) is 23.0 Å². The maximum atomic E-state index is 11.2. The van der Waals surface area contributed by atoms with Crippen LogP contribution in [0.25, 0.3) is 0 Å². The van der Waals surface area contributed by atoms with Gasteiger partial charge in [-0.15, -0.1) is 10.2 Å². The van der Waals surface area contributed by atoms with E-state index in [-0.39, 0.29) is 35.3 Å². The van der Waals surface area contributed by atoms with E-state index in [1.54, 1.807) is 18.2 Å². The van der Waals surface area contributed by atoms with Gasteiger partial charge in [-0.3, -0.25) is 4.79 Å². The minimum absolute atomic E-state index is 0.0248. The Bertz CT molecular complexity index is 886. The van der Waals surface area contributed by atoms with Crippen LogP contribution in [-0.4, -0.2) is 34.0 Å². The summed E-state index contributed by atoms with van der Waals surface area (Å²) >= 11 is 0. The number of benzene rings is 1. The van der Waals surface area contributed by atoms with Crippen LogP contribution in [0.1, 0.15) is 0 Å². The fourth-order valence-corrected chi connectivity index (χ4v) is 1.93. The number of ether oxygens (including phenoxy) is 1. The second-order valence-electron chi connectivity index (χ2n) is 4.90. The van der Waals surface area contributed by atoms with Crippen LogP contribution in [0.2, 0.25) is 0 Å². The molecule has 2 rings (SSSR count). The molecule has 144 valence electrons. The molecule has 0 radical (unpaired) electrons. The van der Waals surface area contributed by atoms with Crippen molar-refractivity contribution in [1.29, 1.82) is 0 Å². The van der Waals surface area contributed by atoms with Crippen molar-refractivity contribution in [1.82, 2.24) is 4.98 Å². The van der Waals surface area contributed by atoms with E-state index in [0.717, 1.165) is 0 Å². The molecule has 7 N–H and O–H groups in total. The highest BCUT2D eigenvalue weighted by atomic mass is 31.2. The Morgan fingerprint density at radius 3 is 2.56 bits per heavy atom. The number of nitrogens with two attached hydrogens (primary N) is 2. The van der Waals surface area contributed by atoms with Gasteiger partial charge in [0.15, 0.2) is 12.6 Å². The number of phosphoric acid groups is 1. The summed E-state index contributed by atoms with van der Waals surface area (Å²) in [6.45, 7) is -0.860. The first-order valence-corrected chi connectivity index (χ1v) is 8.91. The summed E-state index contributed by atoms with van der Waals surface area (Å²) in [5, 5.41) is 10.4. The largest absolute Gasteiger partial charge is 0.472 e. The predicted molar refractivity (Wildman–Crippen MR) is 95.6 cm³/mol. The van der Waals surface area contributed by atoms with Crippen LogP contribution in [0.15, 0.2) is 46.6 Å². The molecule has 0 aliphatic heterocycles. The molecule has 0 bridgehead atoms. The fraction of sp³-hybridized carbons (Fsp3) is 0.143. The Labute approximate surface area is 153 Å². The number of carbonyl (C=O) groups is 1. The number of aromatic nitrogens is 1. The molecule has 0 atom stereocenters. The Kier molecular flexibility index (Phi) is 6.93. The highest BCUT2D eigenvalue weighted by molar-refractivity contribution is 7.46. The van der Waals surface area contributed by atoms with Gasteiger partial charge in [-0.05, 0) is 24.3 Å². The lowest BCUT2D eigenvalue weighted by molar-refractivity contribution is -0.114. The van der Waals surface area contributed by atoms with Crippen molar-refractivity contribution in [2.24, 2.45) is 16.0 Å². The number of hydrogen-bond donors (Lipinski definition) is 5. The summed E-state index contributed by atoms with van der Waals surface area (Å²) in [6.07, 6.45) is 0. The van der Waals surface area contributed by atoms with E-state index < -0.39 is 20.5 Å². The zero-order chi connectivity index (χ0) is 19.9. The molecule has 0 aliphatic rings. The van der Waals surface area contributed by atoms with E-state index in [2.05, 4.69) is 25.1 Å². The summed E-state index contributed by atoms with van der Waals surface area (Å²) < 4.78 is 20.0. The average Bonchev–Trinajstić information content (AvgIpc) is 2.61. The second-order valence-corrected chi connectivity index (χ2v) is 6.14. The number of amides is 1. The van der Waals surface area contributed by atoms with Crippen LogP contribution in [0.3, 0.4) is 0 Å². The van der Waals surface area contributed by atoms with Crippen LogP contribution < -0.4 is 21.5 Å². The topological polar surface area (TPSA) is 195 Å². The molecule has 1 amide bonds. The summed E-state index contributed by atoms with van der Waals surface area (Å²) in [5.74, 6) is 0.0185. The van der Waals surface area contributed by atoms with Crippen molar-refractivity contribution < 1.29 is 28.4 Å². The number of anilines is 2. The summed E-state index contributed by atoms with van der Waals surface area (Å²) in [7, 11) is -4.65. The van der Waals surface area contributed by atoms with E-state index in [1.165, 1.54) is 18.2 Å². The highest BCUT2D eigenvalue weighted by Crippen LogP contribution is 2.36. The molecule has 13 heteroatoms. The molecule has 0 aliphatic carbocycles. The SMILES string of the molecule is NCC(=O)Nc1ccc(N=Nc2ccccc2OCOP(=O)(O)O)c(N)n1. The average molecular weight is 396 g/mol. The van der Waals surface area contributed by atoms with Gasteiger partial charge >= 0.3 is 7.82 Å². The van der Waals surface area contributed by atoms with Gasteiger partial charge in [0, 0.05) is 0 Å². The lowest BCUT2D eigenvalue weighted by atomic mass is 10.3. The molecule has 0 unspecified atom stereocenters. The third-order valence-electron chi connectivity index (χ3n) is 2.92. The number of carbonyl (C=O) groups excluding carboxylic acids is 1. The number of rotatable bonds is 8. The van der Waals surface area contributed by atoms with Crippen molar-refractivity contribution in [3.05, 3.63) is 36.4 Å². The summed E-state index contributed by atoms with van der Waals surface area (Å²) in [6, 6.07) is 9.36. The molecule has 0 fully saturated rings. The first-order chi connectivity index (χ1) is 12.8. The van der Waals surface area contributed by atoms with E-state index in [1.807, 2.05) is 0 Å². The number of nitrogens with zero attached hydrogens (tertiary/aromatic N) is 3. The molecular formula is C14H17N6O6P. The molecule has 1 heterocycles. The first kappa shape index (κ1) is 20.4. The zero-order valence-corrected chi connectivity index (χ0v) is 14.7. The Balaban J connectivity index is 2.11. The molecule has 0 saturated carbocycles. The van der Waals surface area contributed by atoms with Crippen molar-refractivity contribution in [2.75, 3.05) is 24.4 Å². The maximum absolute atomic E-state index is 11.2. The number of nitrogens with one attached hydrogen (secondary N) is 1.